The summed E-state index contributed by atoms with van der Waals surface area (Å²) in [6.45, 7) is 1.03. The summed E-state index contributed by atoms with van der Waals surface area (Å²) in [6, 6.07) is 15.0. The molecule has 0 unspecified atom stereocenters. The van der Waals surface area contributed by atoms with Crippen molar-refractivity contribution in [3.05, 3.63) is 60.4 Å². The molecule has 25 heavy (non-hydrogen) atoms. The molecule has 130 valence electrons. The van der Waals surface area contributed by atoms with Crippen molar-refractivity contribution < 1.29 is 18.7 Å². The lowest BCUT2D eigenvalue weighted by atomic mass is 10.1. The zero-order valence-electron chi connectivity index (χ0n) is 13.7. The molecule has 2 aromatic rings. The Kier molecular flexibility index (Phi) is 5.28. The molecule has 2 aromatic carbocycles. The Labute approximate surface area is 145 Å². The van der Waals surface area contributed by atoms with Crippen LogP contribution in [0, 0.1) is 11.7 Å². The van der Waals surface area contributed by atoms with Crippen LogP contribution < -0.4 is 15.0 Å². The molecular formula is C19H19FN2O3. The van der Waals surface area contributed by atoms with Crippen molar-refractivity contribution in [3.8, 4) is 5.75 Å². The highest BCUT2D eigenvalue weighted by molar-refractivity contribution is 6.00. The van der Waals surface area contributed by atoms with Crippen LogP contribution in [0.2, 0.25) is 0 Å². The van der Waals surface area contributed by atoms with Crippen molar-refractivity contribution in [1.29, 1.82) is 0 Å². The predicted molar refractivity (Wildman–Crippen MR) is 91.8 cm³/mol. The van der Waals surface area contributed by atoms with E-state index in [4.69, 9.17) is 4.74 Å². The van der Waals surface area contributed by atoms with Gasteiger partial charge < -0.3 is 15.0 Å². The van der Waals surface area contributed by atoms with E-state index in [0.29, 0.717) is 25.4 Å². The first kappa shape index (κ1) is 17.0. The van der Waals surface area contributed by atoms with Gasteiger partial charge in [-0.3, -0.25) is 9.59 Å². The van der Waals surface area contributed by atoms with E-state index in [2.05, 4.69) is 5.32 Å². The molecule has 0 aromatic heterocycles. The summed E-state index contributed by atoms with van der Waals surface area (Å²) < 4.78 is 18.5. The summed E-state index contributed by atoms with van der Waals surface area (Å²) in [4.78, 5) is 25.9. The molecule has 1 aliphatic rings. The third-order valence-electron chi connectivity index (χ3n) is 4.05. The summed E-state index contributed by atoms with van der Waals surface area (Å²) in [5.41, 5.74) is 0.606. The minimum Gasteiger partial charge on any atom is -0.492 e. The van der Waals surface area contributed by atoms with Gasteiger partial charge in [0.15, 0.2) is 0 Å². The standard InChI is InChI=1S/C19H19FN2O3/c20-15-6-8-16(9-7-15)22-13-14(12-18(22)23)19(24)21-10-11-25-17-4-2-1-3-5-17/h1-9,14H,10-13H2,(H,21,24)/t14-/m0/s1. The number of nitrogens with one attached hydrogen (secondary N) is 1. The number of anilines is 1. The van der Waals surface area contributed by atoms with Crippen molar-refractivity contribution in [2.75, 3.05) is 24.6 Å². The number of nitrogens with zero attached hydrogens (tertiary/aromatic N) is 1. The van der Waals surface area contributed by atoms with Gasteiger partial charge in [0, 0.05) is 18.7 Å². The van der Waals surface area contributed by atoms with E-state index < -0.39 is 5.92 Å². The topological polar surface area (TPSA) is 58.6 Å². The molecule has 5 nitrogen and oxygen atoms in total. The molecule has 1 heterocycles. The Morgan fingerprint density at radius 2 is 1.88 bits per heavy atom. The number of para-hydroxylation sites is 1. The number of halogens is 1. The first-order valence-corrected chi connectivity index (χ1v) is 8.15. The van der Waals surface area contributed by atoms with Crippen molar-refractivity contribution in [2.45, 2.75) is 6.42 Å². The van der Waals surface area contributed by atoms with Crippen molar-refractivity contribution in [3.63, 3.8) is 0 Å². The van der Waals surface area contributed by atoms with Gasteiger partial charge in [-0.05, 0) is 36.4 Å². The smallest absolute Gasteiger partial charge is 0.227 e. The van der Waals surface area contributed by atoms with Gasteiger partial charge in [0.25, 0.3) is 0 Å². The largest absolute Gasteiger partial charge is 0.492 e. The molecule has 0 bridgehead atoms. The Bertz CT molecular complexity index is 734. The molecule has 6 heteroatoms. The number of carbonyl (C=O) groups is 2. The number of ether oxygens (including phenoxy) is 1. The molecule has 1 saturated heterocycles. The van der Waals surface area contributed by atoms with Crippen molar-refractivity contribution in [1.82, 2.24) is 5.32 Å². The number of amides is 2. The number of benzene rings is 2. The highest BCUT2D eigenvalue weighted by Crippen LogP contribution is 2.25. The minimum absolute atomic E-state index is 0.132. The van der Waals surface area contributed by atoms with Crippen LogP contribution >= 0.6 is 0 Å². The van der Waals surface area contributed by atoms with Crippen LogP contribution in [0.15, 0.2) is 54.6 Å². The molecule has 0 radical (unpaired) electrons. The summed E-state index contributed by atoms with van der Waals surface area (Å²) in [5.74, 6) is -0.324. The number of hydrogen-bond acceptors (Lipinski definition) is 3. The van der Waals surface area contributed by atoms with Crippen LogP contribution in [0.25, 0.3) is 0 Å². The van der Waals surface area contributed by atoms with E-state index in [9.17, 15) is 14.0 Å². The molecule has 0 spiro atoms. The van der Waals surface area contributed by atoms with Crippen LogP contribution in [0.1, 0.15) is 6.42 Å². The Hall–Kier alpha value is -2.89. The number of hydrogen-bond donors (Lipinski definition) is 1. The second-order valence-corrected chi connectivity index (χ2v) is 5.83. The minimum atomic E-state index is -0.408. The first-order valence-electron chi connectivity index (χ1n) is 8.15. The average molecular weight is 342 g/mol. The molecule has 1 aliphatic heterocycles. The van der Waals surface area contributed by atoms with Crippen molar-refractivity contribution >= 4 is 17.5 Å². The van der Waals surface area contributed by atoms with Crippen LogP contribution in [-0.4, -0.2) is 31.5 Å². The molecule has 3 rings (SSSR count). The van der Waals surface area contributed by atoms with E-state index in [0.717, 1.165) is 5.75 Å². The molecule has 0 saturated carbocycles. The Balaban J connectivity index is 1.46. The Morgan fingerprint density at radius 3 is 2.60 bits per heavy atom. The average Bonchev–Trinajstić information content (AvgIpc) is 3.02. The fraction of sp³-hybridized carbons (Fsp3) is 0.263. The third kappa shape index (κ3) is 4.35. The zero-order chi connectivity index (χ0) is 17.6. The van der Waals surface area contributed by atoms with Gasteiger partial charge in [-0.1, -0.05) is 18.2 Å². The zero-order valence-corrected chi connectivity index (χ0v) is 13.7. The first-order chi connectivity index (χ1) is 12.1. The van der Waals surface area contributed by atoms with Gasteiger partial charge in [0.2, 0.25) is 11.8 Å². The van der Waals surface area contributed by atoms with Crippen molar-refractivity contribution in [2.24, 2.45) is 5.92 Å². The molecule has 2 amide bonds. The van der Waals surface area contributed by atoms with E-state index in [-0.39, 0.29) is 24.1 Å². The van der Waals surface area contributed by atoms with Gasteiger partial charge in [-0.15, -0.1) is 0 Å². The van der Waals surface area contributed by atoms with E-state index in [1.807, 2.05) is 30.3 Å². The van der Waals surface area contributed by atoms with Gasteiger partial charge in [-0.25, -0.2) is 4.39 Å². The summed E-state index contributed by atoms with van der Waals surface area (Å²) >= 11 is 0. The van der Waals surface area contributed by atoms with E-state index >= 15 is 0 Å². The normalized spacial score (nSPS) is 16.8. The lowest BCUT2D eigenvalue weighted by molar-refractivity contribution is -0.126. The maximum absolute atomic E-state index is 13.0. The summed E-state index contributed by atoms with van der Waals surface area (Å²) in [5, 5.41) is 2.79. The number of carbonyl (C=O) groups excluding carboxylic acids is 2. The molecule has 0 aliphatic carbocycles. The molecular weight excluding hydrogens is 323 g/mol. The summed E-state index contributed by atoms with van der Waals surface area (Å²) in [7, 11) is 0. The van der Waals surface area contributed by atoms with Crippen LogP contribution in [0.4, 0.5) is 10.1 Å². The van der Waals surface area contributed by atoms with Crippen LogP contribution in [0.3, 0.4) is 0 Å². The Morgan fingerprint density at radius 1 is 1.16 bits per heavy atom. The quantitative estimate of drug-likeness (QED) is 0.820. The maximum Gasteiger partial charge on any atom is 0.227 e. The van der Waals surface area contributed by atoms with Crippen LogP contribution in [0.5, 0.6) is 5.75 Å². The third-order valence-corrected chi connectivity index (χ3v) is 4.05. The monoisotopic (exact) mass is 342 g/mol. The second kappa shape index (κ2) is 7.79. The van der Waals surface area contributed by atoms with Gasteiger partial charge in [0.05, 0.1) is 12.5 Å². The van der Waals surface area contributed by atoms with Gasteiger partial charge >= 0.3 is 0 Å². The second-order valence-electron chi connectivity index (χ2n) is 5.83. The molecule has 1 N–H and O–H groups in total. The maximum atomic E-state index is 13.0. The predicted octanol–water partition coefficient (Wildman–Crippen LogP) is 2.37. The highest BCUT2D eigenvalue weighted by atomic mass is 19.1. The highest BCUT2D eigenvalue weighted by Gasteiger charge is 2.34. The fourth-order valence-electron chi connectivity index (χ4n) is 2.76. The van der Waals surface area contributed by atoms with E-state index in [1.165, 1.54) is 17.0 Å². The van der Waals surface area contributed by atoms with Gasteiger partial charge in [-0.2, -0.15) is 0 Å². The SMILES string of the molecule is O=C(NCCOc1ccccc1)[C@H]1CC(=O)N(c2ccc(F)cc2)C1. The van der Waals surface area contributed by atoms with Crippen LogP contribution in [-0.2, 0) is 9.59 Å². The lowest BCUT2D eigenvalue weighted by Crippen LogP contribution is -2.35. The molecule has 1 atom stereocenters. The molecule has 1 fully saturated rings. The van der Waals surface area contributed by atoms with Gasteiger partial charge in [0.1, 0.15) is 18.2 Å². The van der Waals surface area contributed by atoms with E-state index in [1.54, 1.807) is 12.1 Å². The fourth-order valence-corrected chi connectivity index (χ4v) is 2.76. The summed E-state index contributed by atoms with van der Waals surface area (Å²) in [6.07, 6.45) is 0.156. The lowest BCUT2D eigenvalue weighted by Gasteiger charge is -2.16. The number of rotatable bonds is 6.